The molecule has 8 nitrogen and oxygen atoms in total. The van der Waals surface area contributed by atoms with Gasteiger partial charge in [0, 0.05) is 0 Å². The second-order valence-electron chi connectivity index (χ2n) is 6.42. The Bertz CT molecular complexity index is 752. The highest BCUT2D eigenvalue weighted by atomic mass is 16.5. The molecule has 150 valence electrons. The molecule has 0 aliphatic heterocycles. The van der Waals surface area contributed by atoms with Gasteiger partial charge in [0.25, 0.3) is 0 Å². The molecule has 0 fully saturated rings. The number of hydrogen-bond acceptors (Lipinski definition) is 6. The van der Waals surface area contributed by atoms with Gasteiger partial charge in [-0.15, -0.1) is 0 Å². The monoisotopic (exact) mass is 385 g/mol. The Morgan fingerprint density at radius 3 is 2.57 bits per heavy atom. The number of nitrogens with two attached hydrogens (primary N) is 2. The molecule has 8 heteroatoms. The first kappa shape index (κ1) is 21.2. The first-order valence-corrected chi connectivity index (χ1v) is 9.17. The van der Waals surface area contributed by atoms with Crippen molar-refractivity contribution in [2.75, 3.05) is 18.9 Å². The topological polar surface area (TPSA) is 132 Å². The van der Waals surface area contributed by atoms with Crippen molar-refractivity contribution >= 4 is 17.6 Å². The highest BCUT2D eigenvalue weighted by Crippen LogP contribution is 2.09. The van der Waals surface area contributed by atoms with E-state index < -0.39 is 12.1 Å². The van der Waals surface area contributed by atoms with Crippen LogP contribution < -0.4 is 26.8 Å². The first-order valence-electron chi connectivity index (χ1n) is 9.17. The van der Waals surface area contributed by atoms with Gasteiger partial charge in [0.15, 0.2) is 0 Å². The van der Waals surface area contributed by atoms with Gasteiger partial charge >= 0.3 is 0 Å². The zero-order valence-corrected chi connectivity index (χ0v) is 15.9. The second-order valence-corrected chi connectivity index (χ2v) is 6.42. The fraction of sp³-hybridized carbons (Fsp3) is 0.350. The molecule has 2 rings (SSSR count). The van der Waals surface area contributed by atoms with E-state index in [0.717, 1.165) is 5.56 Å². The lowest BCUT2D eigenvalue weighted by Gasteiger charge is -2.17. The molecule has 2 aromatic rings. The van der Waals surface area contributed by atoms with E-state index in [1.807, 2.05) is 30.3 Å². The lowest BCUT2D eigenvalue weighted by Crippen LogP contribution is -2.50. The van der Waals surface area contributed by atoms with Crippen molar-refractivity contribution in [2.45, 2.75) is 31.8 Å². The number of aromatic nitrogens is 1. The summed E-state index contributed by atoms with van der Waals surface area (Å²) in [6.45, 7) is 2.18. The highest BCUT2D eigenvalue weighted by Gasteiger charge is 2.19. The number of pyridine rings is 1. The van der Waals surface area contributed by atoms with Gasteiger partial charge in [0.05, 0.1) is 18.8 Å². The van der Waals surface area contributed by atoms with Crippen LogP contribution >= 0.6 is 0 Å². The molecule has 2 amide bonds. The minimum atomic E-state index is -0.687. The predicted octanol–water partition coefficient (Wildman–Crippen LogP) is 0.624. The average molecular weight is 385 g/mol. The maximum absolute atomic E-state index is 12.2. The van der Waals surface area contributed by atoms with E-state index >= 15 is 0 Å². The number of anilines is 1. The van der Waals surface area contributed by atoms with E-state index in [-0.39, 0.29) is 18.4 Å². The highest BCUT2D eigenvalue weighted by molar-refractivity contribution is 5.89. The molecule has 1 heterocycles. The number of carbonyl (C=O) groups excluding carboxylic acids is 2. The summed E-state index contributed by atoms with van der Waals surface area (Å²) in [6, 6.07) is 11.8. The minimum absolute atomic E-state index is 0.272. The van der Waals surface area contributed by atoms with Crippen LogP contribution in [-0.2, 0) is 16.0 Å². The van der Waals surface area contributed by atoms with E-state index in [1.54, 1.807) is 19.1 Å². The number of nitrogen functional groups attached to an aromatic ring is 1. The number of rotatable bonds is 10. The average Bonchev–Trinajstić information content (AvgIpc) is 2.71. The smallest absolute Gasteiger partial charge is 0.242 e. The molecule has 1 aromatic carbocycles. The van der Waals surface area contributed by atoms with Crippen LogP contribution in [0.4, 0.5) is 5.82 Å². The van der Waals surface area contributed by atoms with Crippen LogP contribution in [0.3, 0.4) is 0 Å². The van der Waals surface area contributed by atoms with E-state index in [0.29, 0.717) is 31.0 Å². The number of amides is 2. The van der Waals surface area contributed by atoms with E-state index in [9.17, 15) is 9.59 Å². The van der Waals surface area contributed by atoms with Crippen molar-refractivity contribution < 1.29 is 14.3 Å². The lowest BCUT2D eigenvalue weighted by atomic mass is 10.1. The maximum Gasteiger partial charge on any atom is 0.242 e. The van der Waals surface area contributed by atoms with Gasteiger partial charge in [-0.3, -0.25) is 9.59 Å². The zero-order chi connectivity index (χ0) is 20.4. The van der Waals surface area contributed by atoms with E-state index in [1.165, 1.54) is 6.20 Å². The molecular formula is C20H27N5O3. The Morgan fingerprint density at radius 2 is 1.89 bits per heavy atom. The SMILES string of the molecule is C[C@H](NC(=O)[C@H](N)CCc1ccccc1)C(=O)NCCOc1ccc(N)nc1. The molecular weight excluding hydrogens is 358 g/mol. The van der Waals surface area contributed by atoms with Crippen molar-refractivity contribution in [3.8, 4) is 5.75 Å². The molecule has 0 aliphatic rings. The Morgan fingerprint density at radius 1 is 1.14 bits per heavy atom. The summed E-state index contributed by atoms with van der Waals surface area (Å²) in [5, 5.41) is 5.34. The Kier molecular flexibility index (Phi) is 8.23. The number of aryl methyl sites for hydroxylation is 1. The van der Waals surface area contributed by atoms with E-state index in [2.05, 4.69) is 15.6 Å². The molecule has 2 atom stereocenters. The van der Waals surface area contributed by atoms with Crippen molar-refractivity contribution in [1.29, 1.82) is 0 Å². The number of benzene rings is 1. The molecule has 28 heavy (non-hydrogen) atoms. The molecule has 0 aliphatic carbocycles. The number of ether oxygens (including phenoxy) is 1. The van der Waals surface area contributed by atoms with Crippen molar-refractivity contribution in [3.05, 3.63) is 54.2 Å². The lowest BCUT2D eigenvalue weighted by molar-refractivity contribution is -0.129. The Hall–Kier alpha value is -3.13. The number of carbonyl (C=O) groups is 2. The largest absolute Gasteiger partial charge is 0.490 e. The van der Waals surface area contributed by atoms with Crippen LogP contribution in [0.25, 0.3) is 0 Å². The van der Waals surface area contributed by atoms with Gasteiger partial charge in [-0.05, 0) is 37.5 Å². The van der Waals surface area contributed by atoms with Crippen molar-refractivity contribution in [1.82, 2.24) is 15.6 Å². The van der Waals surface area contributed by atoms with Crippen LogP contribution in [0, 0.1) is 0 Å². The van der Waals surface area contributed by atoms with Crippen LogP contribution in [0.15, 0.2) is 48.7 Å². The molecule has 0 saturated heterocycles. The summed E-state index contributed by atoms with van der Waals surface area (Å²) >= 11 is 0. The summed E-state index contributed by atoms with van der Waals surface area (Å²) < 4.78 is 5.44. The van der Waals surface area contributed by atoms with Crippen molar-refractivity contribution in [3.63, 3.8) is 0 Å². The van der Waals surface area contributed by atoms with Crippen LogP contribution in [0.2, 0.25) is 0 Å². The molecule has 0 bridgehead atoms. The summed E-state index contributed by atoms with van der Waals surface area (Å²) in [6.07, 6.45) is 2.72. The minimum Gasteiger partial charge on any atom is -0.490 e. The standard InChI is InChI=1S/C20H27N5O3/c1-14(19(26)23-11-12-28-16-8-10-18(22)24-13-16)25-20(27)17(21)9-7-15-5-3-2-4-6-15/h2-6,8,10,13-14,17H,7,9,11-12,21H2,1H3,(H2,22,24)(H,23,26)(H,25,27)/t14-,17+/m0/s1. The summed E-state index contributed by atoms with van der Waals surface area (Å²) in [5.41, 5.74) is 12.5. The third-order valence-corrected chi connectivity index (χ3v) is 4.10. The fourth-order valence-electron chi connectivity index (χ4n) is 2.46. The summed E-state index contributed by atoms with van der Waals surface area (Å²) in [4.78, 5) is 28.2. The second kappa shape index (κ2) is 10.9. The zero-order valence-electron chi connectivity index (χ0n) is 15.9. The number of hydrogen-bond donors (Lipinski definition) is 4. The van der Waals surface area contributed by atoms with Gasteiger partial charge in [-0.25, -0.2) is 4.98 Å². The van der Waals surface area contributed by atoms with Gasteiger partial charge in [0.1, 0.15) is 24.2 Å². The molecule has 0 saturated carbocycles. The molecule has 0 spiro atoms. The third kappa shape index (κ3) is 7.24. The predicted molar refractivity (Wildman–Crippen MR) is 107 cm³/mol. The maximum atomic E-state index is 12.2. The van der Waals surface area contributed by atoms with Crippen LogP contribution in [0.5, 0.6) is 5.75 Å². The summed E-state index contributed by atoms with van der Waals surface area (Å²) in [7, 11) is 0. The van der Waals surface area contributed by atoms with Gasteiger partial charge in [0.2, 0.25) is 11.8 Å². The third-order valence-electron chi connectivity index (χ3n) is 4.10. The molecule has 6 N–H and O–H groups in total. The Balaban J connectivity index is 1.64. The van der Waals surface area contributed by atoms with Gasteiger partial charge < -0.3 is 26.8 Å². The number of nitrogens with zero attached hydrogens (tertiary/aromatic N) is 1. The summed E-state index contributed by atoms with van der Waals surface area (Å²) in [5.74, 6) is 0.326. The molecule has 0 radical (unpaired) electrons. The van der Waals surface area contributed by atoms with Gasteiger partial charge in [-0.2, -0.15) is 0 Å². The molecule has 1 aromatic heterocycles. The fourth-order valence-corrected chi connectivity index (χ4v) is 2.46. The Labute approximate surface area is 164 Å². The number of nitrogens with one attached hydrogen (secondary N) is 2. The van der Waals surface area contributed by atoms with Gasteiger partial charge in [-0.1, -0.05) is 30.3 Å². The normalized spacial score (nSPS) is 12.6. The first-order chi connectivity index (χ1) is 13.5. The molecule has 0 unspecified atom stereocenters. The van der Waals surface area contributed by atoms with Crippen molar-refractivity contribution in [2.24, 2.45) is 5.73 Å². The van der Waals surface area contributed by atoms with E-state index in [4.69, 9.17) is 16.2 Å². The van der Waals surface area contributed by atoms with Crippen LogP contribution in [0.1, 0.15) is 18.9 Å². The quantitative estimate of drug-likeness (QED) is 0.443. The van der Waals surface area contributed by atoms with Crippen LogP contribution in [-0.4, -0.2) is 42.0 Å².